The van der Waals surface area contributed by atoms with Gasteiger partial charge >= 0.3 is 0 Å². The number of para-hydroxylation sites is 2. The molecule has 4 nitrogen and oxygen atoms in total. The van der Waals surface area contributed by atoms with Gasteiger partial charge in [0.25, 0.3) is 0 Å². The van der Waals surface area contributed by atoms with Crippen LogP contribution >= 0.6 is 0 Å². The van der Waals surface area contributed by atoms with E-state index in [2.05, 4.69) is 28.0 Å². The molecule has 3 rings (SSSR count). The summed E-state index contributed by atoms with van der Waals surface area (Å²) in [5, 5.41) is 0. The van der Waals surface area contributed by atoms with E-state index in [1.165, 1.54) is 25.1 Å². The minimum atomic E-state index is 0.721. The largest absolute Gasteiger partial charge is 0.492 e. The molecule has 0 aromatic heterocycles. The Hall–Kier alpha value is -1.26. The normalized spacial score (nSPS) is 23.5. The summed E-state index contributed by atoms with van der Waals surface area (Å²) >= 11 is 0. The first-order chi connectivity index (χ1) is 10.9. The van der Waals surface area contributed by atoms with Crippen LogP contribution in [0.1, 0.15) is 19.8 Å². The fourth-order valence-corrected chi connectivity index (χ4v) is 3.48. The first-order valence-electron chi connectivity index (χ1n) is 8.63. The van der Waals surface area contributed by atoms with Gasteiger partial charge in [0.15, 0.2) is 0 Å². The Morgan fingerprint density at radius 2 is 2.00 bits per heavy atom. The van der Waals surface area contributed by atoms with E-state index < -0.39 is 0 Å². The maximum atomic E-state index is 5.77. The summed E-state index contributed by atoms with van der Waals surface area (Å²) in [4.78, 5) is 5.05. The second-order valence-electron chi connectivity index (χ2n) is 6.27. The van der Waals surface area contributed by atoms with Gasteiger partial charge in [0.1, 0.15) is 5.75 Å². The van der Waals surface area contributed by atoms with Crippen molar-refractivity contribution in [3.63, 3.8) is 0 Å². The quantitative estimate of drug-likeness (QED) is 0.835. The van der Waals surface area contributed by atoms with Crippen LogP contribution in [0.2, 0.25) is 0 Å². The number of hydrogen-bond donors (Lipinski definition) is 0. The Bertz CT molecular complexity index is 452. The molecule has 2 aliphatic heterocycles. The molecule has 0 bridgehead atoms. The molecular formula is C18H28N2O2. The summed E-state index contributed by atoms with van der Waals surface area (Å²) in [6.45, 7) is 10.3. The van der Waals surface area contributed by atoms with Gasteiger partial charge in [-0.1, -0.05) is 12.1 Å². The topological polar surface area (TPSA) is 24.9 Å². The van der Waals surface area contributed by atoms with Crippen molar-refractivity contribution in [3.05, 3.63) is 24.3 Å². The van der Waals surface area contributed by atoms with Crippen molar-refractivity contribution in [1.82, 2.24) is 4.90 Å². The zero-order valence-corrected chi connectivity index (χ0v) is 13.7. The molecular weight excluding hydrogens is 276 g/mol. The lowest BCUT2D eigenvalue weighted by Crippen LogP contribution is -2.48. The maximum absolute atomic E-state index is 5.77. The fraction of sp³-hybridized carbons (Fsp3) is 0.667. The van der Waals surface area contributed by atoms with Gasteiger partial charge in [-0.15, -0.1) is 0 Å². The smallest absolute Gasteiger partial charge is 0.142 e. The molecule has 0 aliphatic carbocycles. The summed E-state index contributed by atoms with van der Waals surface area (Å²) in [7, 11) is 0. The van der Waals surface area contributed by atoms with Crippen molar-refractivity contribution >= 4 is 5.69 Å². The molecule has 0 N–H and O–H groups in total. The van der Waals surface area contributed by atoms with E-state index in [1.54, 1.807) is 0 Å². The molecule has 0 amide bonds. The van der Waals surface area contributed by atoms with Gasteiger partial charge in [0.05, 0.1) is 18.9 Å². The van der Waals surface area contributed by atoms with Crippen LogP contribution in [0.3, 0.4) is 0 Å². The number of ether oxygens (including phenoxy) is 2. The van der Waals surface area contributed by atoms with E-state index in [4.69, 9.17) is 9.47 Å². The zero-order valence-electron chi connectivity index (χ0n) is 13.7. The fourth-order valence-electron chi connectivity index (χ4n) is 3.48. The molecule has 1 aromatic carbocycles. The summed E-state index contributed by atoms with van der Waals surface area (Å²) in [5.74, 6) is 1.75. The SMILES string of the molecule is CCOc1ccccc1N1CCN(C[C@@H]2CCCOC2)CC1. The third-order valence-corrected chi connectivity index (χ3v) is 4.65. The first kappa shape index (κ1) is 15.6. The second-order valence-corrected chi connectivity index (χ2v) is 6.27. The van der Waals surface area contributed by atoms with Crippen LogP contribution in [-0.4, -0.2) is 57.4 Å². The number of rotatable bonds is 5. The average Bonchev–Trinajstić information content (AvgIpc) is 2.58. The highest BCUT2D eigenvalue weighted by Gasteiger charge is 2.23. The van der Waals surface area contributed by atoms with E-state index in [0.717, 1.165) is 57.7 Å². The van der Waals surface area contributed by atoms with Gasteiger partial charge in [0.2, 0.25) is 0 Å². The van der Waals surface area contributed by atoms with Crippen LogP contribution in [0.5, 0.6) is 5.75 Å². The van der Waals surface area contributed by atoms with Gasteiger partial charge in [-0.2, -0.15) is 0 Å². The lowest BCUT2D eigenvalue weighted by atomic mass is 10.0. The average molecular weight is 304 g/mol. The number of benzene rings is 1. The van der Waals surface area contributed by atoms with Gasteiger partial charge in [-0.05, 0) is 37.8 Å². The highest BCUT2D eigenvalue weighted by atomic mass is 16.5. The predicted octanol–water partition coefficient (Wildman–Crippen LogP) is 2.63. The molecule has 1 atom stereocenters. The van der Waals surface area contributed by atoms with Gasteiger partial charge in [0, 0.05) is 39.3 Å². The Labute approximate surface area is 134 Å². The third-order valence-electron chi connectivity index (χ3n) is 4.65. The van der Waals surface area contributed by atoms with Crippen molar-refractivity contribution in [2.24, 2.45) is 5.92 Å². The van der Waals surface area contributed by atoms with E-state index in [0.29, 0.717) is 0 Å². The van der Waals surface area contributed by atoms with Gasteiger partial charge in [-0.3, -0.25) is 4.90 Å². The third kappa shape index (κ3) is 3.93. The van der Waals surface area contributed by atoms with Crippen LogP contribution in [0.15, 0.2) is 24.3 Å². The standard InChI is InChI=1S/C18H28N2O2/c1-2-22-18-8-4-3-7-17(18)20-11-9-19(10-12-20)14-16-6-5-13-21-15-16/h3-4,7-8,16H,2,5-6,9-15H2,1H3/t16-/m0/s1. The molecule has 0 spiro atoms. The molecule has 2 aliphatic rings. The van der Waals surface area contributed by atoms with Crippen molar-refractivity contribution in [1.29, 1.82) is 0 Å². The van der Waals surface area contributed by atoms with Crippen molar-refractivity contribution in [2.45, 2.75) is 19.8 Å². The molecule has 122 valence electrons. The predicted molar refractivity (Wildman–Crippen MR) is 89.8 cm³/mol. The van der Waals surface area contributed by atoms with Crippen LogP contribution in [0.25, 0.3) is 0 Å². The van der Waals surface area contributed by atoms with Crippen LogP contribution in [-0.2, 0) is 4.74 Å². The van der Waals surface area contributed by atoms with Gasteiger partial charge < -0.3 is 14.4 Å². The molecule has 2 saturated heterocycles. The molecule has 0 radical (unpaired) electrons. The molecule has 2 fully saturated rings. The molecule has 0 saturated carbocycles. The van der Waals surface area contributed by atoms with Crippen LogP contribution in [0.4, 0.5) is 5.69 Å². The monoisotopic (exact) mass is 304 g/mol. The highest BCUT2D eigenvalue weighted by Crippen LogP contribution is 2.29. The summed E-state index contributed by atoms with van der Waals surface area (Å²) in [5.41, 5.74) is 1.24. The van der Waals surface area contributed by atoms with E-state index in [-0.39, 0.29) is 0 Å². The lowest BCUT2D eigenvalue weighted by Gasteiger charge is -2.38. The zero-order chi connectivity index (χ0) is 15.2. The molecule has 1 aromatic rings. The van der Waals surface area contributed by atoms with E-state index in [9.17, 15) is 0 Å². The lowest BCUT2D eigenvalue weighted by molar-refractivity contribution is 0.0377. The van der Waals surface area contributed by atoms with Crippen molar-refractivity contribution in [3.8, 4) is 5.75 Å². The van der Waals surface area contributed by atoms with Crippen molar-refractivity contribution in [2.75, 3.05) is 57.4 Å². The highest BCUT2D eigenvalue weighted by molar-refractivity contribution is 5.58. The molecule has 2 heterocycles. The number of anilines is 1. The van der Waals surface area contributed by atoms with Crippen LogP contribution < -0.4 is 9.64 Å². The second kappa shape index (κ2) is 7.84. The Balaban J connectivity index is 1.53. The van der Waals surface area contributed by atoms with E-state index >= 15 is 0 Å². The minimum absolute atomic E-state index is 0.721. The molecule has 22 heavy (non-hydrogen) atoms. The summed E-state index contributed by atoms with van der Waals surface area (Å²) in [6.07, 6.45) is 2.56. The summed E-state index contributed by atoms with van der Waals surface area (Å²) < 4.78 is 11.4. The Morgan fingerprint density at radius 1 is 1.18 bits per heavy atom. The molecule has 4 heteroatoms. The number of piperazine rings is 1. The van der Waals surface area contributed by atoms with Gasteiger partial charge in [-0.25, -0.2) is 0 Å². The summed E-state index contributed by atoms with van der Waals surface area (Å²) in [6, 6.07) is 8.40. The molecule has 0 unspecified atom stereocenters. The minimum Gasteiger partial charge on any atom is -0.492 e. The van der Waals surface area contributed by atoms with Crippen molar-refractivity contribution < 1.29 is 9.47 Å². The maximum Gasteiger partial charge on any atom is 0.142 e. The Kier molecular flexibility index (Phi) is 5.57. The Morgan fingerprint density at radius 3 is 2.73 bits per heavy atom. The van der Waals surface area contributed by atoms with E-state index in [1.807, 2.05) is 13.0 Å². The van der Waals surface area contributed by atoms with Crippen LogP contribution in [0, 0.1) is 5.92 Å². The number of nitrogens with zero attached hydrogens (tertiary/aromatic N) is 2. The first-order valence-corrected chi connectivity index (χ1v) is 8.63. The number of hydrogen-bond acceptors (Lipinski definition) is 4.